The number of likely N-dealkylation sites (tertiary alicyclic amines) is 1. The first kappa shape index (κ1) is 15.1. The largest absolute Gasteiger partial charge is 0.467 e. The first-order valence-corrected chi connectivity index (χ1v) is 7.41. The molecule has 0 saturated carbocycles. The molecule has 0 aromatic carbocycles. The fourth-order valence-electron chi connectivity index (χ4n) is 2.95. The SMILES string of the molecule is CC(C)C1CCCN(Cc2occc2C(=O)NN)CC1. The second-order valence-corrected chi connectivity index (χ2v) is 5.94. The summed E-state index contributed by atoms with van der Waals surface area (Å²) in [6.07, 6.45) is 5.27. The summed E-state index contributed by atoms with van der Waals surface area (Å²) in [5.74, 6) is 7.16. The molecule has 1 atom stereocenters. The molecule has 112 valence electrons. The third kappa shape index (κ3) is 3.61. The van der Waals surface area contributed by atoms with Crippen LogP contribution in [0.2, 0.25) is 0 Å². The Balaban J connectivity index is 1.97. The topological polar surface area (TPSA) is 71.5 Å². The standard InChI is InChI=1S/C15H25N3O2/c1-11(2)12-4-3-7-18(8-5-12)10-14-13(6-9-20-14)15(19)17-16/h6,9,11-12H,3-5,7-8,10,16H2,1-2H3,(H,17,19). The number of nitrogen functional groups attached to an aromatic ring is 1. The van der Waals surface area contributed by atoms with Gasteiger partial charge < -0.3 is 4.42 Å². The number of hydrazine groups is 1. The maximum absolute atomic E-state index is 11.6. The molecule has 0 radical (unpaired) electrons. The molecule has 2 heterocycles. The van der Waals surface area contributed by atoms with Crippen molar-refractivity contribution in [3.8, 4) is 0 Å². The second-order valence-electron chi connectivity index (χ2n) is 5.94. The van der Waals surface area contributed by atoms with Gasteiger partial charge in [-0.3, -0.25) is 15.1 Å². The van der Waals surface area contributed by atoms with E-state index in [4.69, 9.17) is 10.3 Å². The molecule has 0 spiro atoms. The molecule has 1 aromatic rings. The zero-order chi connectivity index (χ0) is 14.5. The van der Waals surface area contributed by atoms with Crippen LogP contribution in [-0.2, 0) is 6.54 Å². The number of nitrogens with zero attached hydrogens (tertiary/aromatic N) is 1. The predicted molar refractivity (Wildman–Crippen MR) is 77.8 cm³/mol. The zero-order valence-electron chi connectivity index (χ0n) is 12.4. The molecule has 5 nitrogen and oxygen atoms in total. The van der Waals surface area contributed by atoms with Crippen molar-refractivity contribution < 1.29 is 9.21 Å². The summed E-state index contributed by atoms with van der Waals surface area (Å²) in [5.41, 5.74) is 2.70. The number of carbonyl (C=O) groups is 1. The zero-order valence-corrected chi connectivity index (χ0v) is 12.4. The molecule has 3 N–H and O–H groups in total. The number of amides is 1. The van der Waals surface area contributed by atoms with Gasteiger partial charge in [-0.15, -0.1) is 0 Å². The van der Waals surface area contributed by atoms with E-state index < -0.39 is 0 Å². The molecule has 0 bridgehead atoms. The summed E-state index contributed by atoms with van der Waals surface area (Å²) < 4.78 is 5.45. The van der Waals surface area contributed by atoms with Crippen LogP contribution in [-0.4, -0.2) is 23.9 Å². The van der Waals surface area contributed by atoms with Crippen LogP contribution in [0.1, 0.15) is 49.2 Å². The van der Waals surface area contributed by atoms with E-state index in [0.29, 0.717) is 17.9 Å². The fourth-order valence-corrected chi connectivity index (χ4v) is 2.95. The molecule has 1 aromatic heterocycles. The lowest BCUT2D eigenvalue weighted by atomic mass is 9.89. The minimum atomic E-state index is -0.288. The Morgan fingerprint density at radius 3 is 3.00 bits per heavy atom. The van der Waals surface area contributed by atoms with Crippen molar-refractivity contribution in [2.24, 2.45) is 17.7 Å². The Kier molecular flexibility index (Phi) is 5.20. The van der Waals surface area contributed by atoms with Gasteiger partial charge in [0.05, 0.1) is 18.4 Å². The third-order valence-corrected chi connectivity index (χ3v) is 4.30. The van der Waals surface area contributed by atoms with Gasteiger partial charge in [-0.25, -0.2) is 5.84 Å². The van der Waals surface area contributed by atoms with Crippen molar-refractivity contribution in [3.05, 3.63) is 23.7 Å². The summed E-state index contributed by atoms with van der Waals surface area (Å²) >= 11 is 0. The third-order valence-electron chi connectivity index (χ3n) is 4.30. The van der Waals surface area contributed by atoms with Gasteiger partial charge in [0.2, 0.25) is 0 Å². The lowest BCUT2D eigenvalue weighted by Gasteiger charge is -2.20. The molecule has 1 amide bonds. The van der Waals surface area contributed by atoms with Gasteiger partial charge >= 0.3 is 0 Å². The molecule has 1 unspecified atom stereocenters. The van der Waals surface area contributed by atoms with Crippen molar-refractivity contribution >= 4 is 5.91 Å². The van der Waals surface area contributed by atoms with Crippen LogP contribution in [0, 0.1) is 11.8 Å². The summed E-state index contributed by atoms with van der Waals surface area (Å²) in [5, 5.41) is 0. The highest BCUT2D eigenvalue weighted by molar-refractivity contribution is 5.94. The quantitative estimate of drug-likeness (QED) is 0.503. The maximum atomic E-state index is 11.6. The van der Waals surface area contributed by atoms with Crippen LogP contribution in [0.3, 0.4) is 0 Å². The Hall–Kier alpha value is -1.33. The second kappa shape index (κ2) is 6.90. The van der Waals surface area contributed by atoms with Crippen molar-refractivity contribution in [2.75, 3.05) is 13.1 Å². The summed E-state index contributed by atoms with van der Waals surface area (Å²) in [7, 11) is 0. The monoisotopic (exact) mass is 279 g/mol. The van der Waals surface area contributed by atoms with Crippen LogP contribution >= 0.6 is 0 Å². The van der Waals surface area contributed by atoms with E-state index in [1.54, 1.807) is 12.3 Å². The van der Waals surface area contributed by atoms with Gasteiger partial charge in [0.25, 0.3) is 5.91 Å². The number of furan rings is 1. The Morgan fingerprint density at radius 1 is 1.50 bits per heavy atom. The molecule has 1 aliphatic heterocycles. The molecule has 0 aliphatic carbocycles. The van der Waals surface area contributed by atoms with Crippen molar-refractivity contribution in [3.63, 3.8) is 0 Å². The summed E-state index contributed by atoms with van der Waals surface area (Å²) in [6.45, 7) is 7.41. The van der Waals surface area contributed by atoms with Crippen LogP contribution in [0.15, 0.2) is 16.7 Å². The van der Waals surface area contributed by atoms with Gasteiger partial charge in [0.1, 0.15) is 5.76 Å². The number of rotatable bonds is 4. The van der Waals surface area contributed by atoms with E-state index in [1.165, 1.54) is 19.3 Å². The number of carbonyl (C=O) groups excluding carboxylic acids is 1. The molecule has 2 rings (SSSR count). The van der Waals surface area contributed by atoms with E-state index in [0.717, 1.165) is 24.9 Å². The molecule has 1 aliphatic rings. The van der Waals surface area contributed by atoms with Crippen LogP contribution in [0.4, 0.5) is 0 Å². The average Bonchev–Trinajstić information content (AvgIpc) is 2.75. The van der Waals surface area contributed by atoms with E-state index in [-0.39, 0.29) is 5.91 Å². The first-order valence-electron chi connectivity index (χ1n) is 7.41. The Morgan fingerprint density at radius 2 is 2.30 bits per heavy atom. The van der Waals surface area contributed by atoms with Gasteiger partial charge in [-0.1, -0.05) is 13.8 Å². The molecule has 5 heteroatoms. The highest BCUT2D eigenvalue weighted by Gasteiger charge is 2.22. The minimum absolute atomic E-state index is 0.288. The Labute approximate surface area is 120 Å². The fraction of sp³-hybridized carbons (Fsp3) is 0.667. The predicted octanol–water partition coefficient (Wildman–Crippen LogP) is 2.14. The molecular formula is C15H25N3O2. The van der Waals surface area contributed by atoms with Crippen LogP contribution < -0.4 is 11.3 Å². The summed E-state index contributed by atoms with van der Waals surface area (Å²) in [4.78, 5) is 14.0. The maximum Gasteiger partial charge on any atom is 0.268 e. The summed E-state index contributed by atoms with van der Waals surface area (Å²) in [6, 6.07) is 1.67. The van der Waals surface area contributed by atoms with E-state index in [9.17, 15) is 4.79 Å². The van der Waals surface area contributed by atoms with Gasteiger partial charge in [-0.2, -0.15) is 0 Å². The highest BCUT2D eigenvalue weighted by Crippen LogP contribution is 2.25. The van der Waals surface area contributed by atoms with Crippen LogP contribution in [0.5, 0.6) is 0 Å². The van der Waals surface area contributed by atoms with Crippen molar-refractivity contribution in [2.45, 2.75) is 39.7 Å². The van der Waals surface area contributed by atoms with E-state index in [1.807, 2.05) is 0 Å². The van der Waals surface area contributed by atoms with Gasteiger partial charge in [0.15, 0.2) is 0 Å². The minimum Gasteiger partial charge on any atom is -0.467 e. The van der Waals surface area contributed by atoms with E-state index in [2.05, 4.69) is 24.2 Å². The highest BCUT2D eigenvalue weighted by atomic mass is 16.3. The average molecular weight is 279 g/mol. The van der Waals surface area contributed by atoms with E-state index >= 15 is 0 Å². The smallest absolute Gasteiger partial charge is 0.268 e. The lowest BCUT2D eigenvalue weighted by Crippen LogP contribution is -2.31. The number of hydrogen-bond donors (Lipinski definition) is 2. The number of nitrogens with two attached hydrogens (primary N) is 1. The molecule has 20 heavy (non-hydrogen) atoms. The van der Waals surface area contributed by atoms with Crippen LogP contribution in [0.25, 0.3) is 0 Å². The number of nitrogens with one attached hydrogen (secondary N) is 1. The Bertz CT molecular complexity index is 442. The van der Waals surface area contributed by atoms with Gasteiger partial charge in [-0.05, 0) is 50.3 Å². The molecule has 1 fully saturated rings. The van der Waals surface area contributed by atoms with Crippen molar-refractivity contribution in [1.29, 1.82) is 0 Å². The number of hydrogen-bond acceptors (Lipinski definition) is 4. The van der Waals surface area contributed by atoms with Gasteiger partial charge in [0, 0.05) is 0 Å². The van der Waals surface area contributed by atoms with Crippen molar-refractivity contribution in [1.82, 2.24) is 10.3 Å². The lowest BCUT2D eigenvalue weighted by molar-refractivity contribution is 0.0949. The normalized spacial score (nSPS) is 20.9. The molecular weight excluding hydrogens is 254 g/mol. The first-order chi connectivity index (χ1) is 9.61. The molecule has 1 saturated heterocycles.